The molecule has 0 heterocycles. The van der Waals surface area contributed by atoms with Crippen molar-refractivity contribution in [2.75, 3.05) is 19.8 Å². The van der Waals surface area contributed by atoms with E-state index in [2.05, 4.69) is 6.92 Å². The van der Waals surface area contributed by atoms with Crippen LogP contribution < -0.4 is 0 Å². The van der Waals surface area contributed by atoms with E-state index in [1.165, 1.54) is 6.08 Å². The summed E-state index contributed by atoms with van der Waals surface area (Å²) in [7, 11) is 0. The summed E-state index contributed by atoms with van der Waals surface area (Å²) in [4.78, 5) is 11.3. The highest BCUT2D eigenvalue weighted by Crippen LogP contribution is 2.05. The topological polar surface area (TPSA) is 54.0 Å². The molecule has 0 aromatic heterocycles. The third-order valence-corrected chi connectivity index (χ3v) is 3.21. The lowest BCUT2D eigenvalue weighted by atomic mass is 10.4. The second-order valence-corrected chi connectivity index (χ2v) is 5.26. The fourth-order valence-corrected chi connectivity index (χ4v) is 2.15. The Morgan fingerprint density at radius 2 is 1.83 bits per heavy atom. The SMILES string of the molecule is CCCC[O][Al-]([CH3])[O]C(=CC(=O)OCC)OCC. The van der Waals surface area contributed by atoms with Gasteiger partial charge in [-0.2, -0.15) is 5.79 Å². The van der Waals surface area contributed by atoms with Crippen molar-refractivity contribution in [3.63, 3.8) is 0 Å². The first-order chi connectivity index (χ1) is 8.63. The molecule has 0 unspecified atom stereocenters. The third-order valence-electron chi connectivity index (χ3n) is 1.94. The average molecular weight is 274 g/mol. The van der Waals surface area contributed by atoms with Crippen molar-refractivity contribution in [3.8, 4) is 0 Å². The zero-order valence-electron chi connectivity index (χ0n) is 11.7. The molecule has 0 saturated heterocycles. The molecule has 0 saturated carbocycles. The van der Waals surface area contributed by atoms with Crippen LogP contribution >= 0.6 is 0 Å². The molecule has 0 rings (SSSR count). The van der Waals surface area contributed by atoms with Gasteiger partial charge in [0, 0.05) is 0 Å². The standard InChI is InChI=1S/C7H12O4.C4H9O.CH3.Al/c1-3-10-6(8)5-7(9)11-4-2;1-2-3-4-5;;/h5,8H,3-4H2,1-2H3;2-4H2,1H3;1H3;/q;-1;;+1/p-1. The van der Waals surface area contributed by atoms with Gasteiger partial charge in [-0.1, -0.05) is 13.3 Å². The molecule has 0 aromatic carbocycles. The fraction of sp³-hybridized carbons (Fsp3) is 0.750. The van der Waals surface area contributed by atoms with E-state index >= 15 is 0 Å². The molecule has 0 aromatic rings. The lowest BCUT2D eigenvalue weighted by Crippen LogP contribution is -2.20. The predicted octanol–water partition coefficient (Wildman–Crippen LogP) is 2.38. The number of carbonyl (C=O) groups excluding carboxylic acids is 1. The first kappa shape index (κ1) is 17.3. The Kier molecular flexibility index (Phi) is 11.0. The van der Waals surface area contributed by atoms with Crippen molar-refractivity contribution in [2.45, 2.75) is 39.4 Å². The normalized spacial score (nSPS) is 11.5. The largest absolute Gasteiger partial charge is 0.769 e. The molecule has 0 spiro atoms. The number of ether oxygens (including phenoxy) is 2. The first-order valence-corrected chi connectivity index (χ1v) is 8.53. The summed E-state index contributed by atoms with van der Waals surface area (Å²) in [6.45, 7) is 7.12. The molecule has 0 fully saturated rings. The first-order valence-electron chi connectivity index (χ1n) is 6.43. The van der Waals surface area contributed by atoms with E-state index in [-0.39, 0.29) is 5.95 Å². The van der Waals surface area contributed by atoms with E-state index in [4.69, 9.17) is 17.1 Å². The summed E-state index contributed by atoms with van der Waals surface area (Å²) in [5.41, 5.74) is 0. The van der Waals surface area contributed by atoms with Gasteiger partial charge < -0.3 is 17.1 Å². The zero-order valence-corrected chi connectivity index (χ0v) is 12.9. The van der Waals surface area contributed by atoms with Crippen LogP contribution in [0, 0.1) is 0 Å². The Bertz CT molecular complexity index is 255. The van der Waals surface area contributed by atoms with Crippen LogP contribution in [-0.2, 0) is 21.8 Å². The highest BCUT2D eigenvalue weighted by molar-refractivity contribution is 6.42. The smallest absolute Gasteiger partial charge is 0.427 e. The van der Waals surface area contributed by atoms with E-state index in [0.29, 0.717) is 19.8 Å². The Balaban J connectivity index is 4.20. The summed E-state index contributed by atoms with van der Waals surface area (Å²) < 4.78 is 21.1. The molecule has 0 aliphatic heterocycles. The summed E-state index contributed by atoms with van der Waals surface area (Å²) in [5.74, 6) is 1.62. The monoisotopic (exact) mass is 274 g/mol. The lowest BCUT2D eigenvalue weighted by molar-refractivity contribution is -0.137. The van der Waals surface area contributed by atoms with E-state index < -0.39 is 20.8 Å². The van der Waals surface area contributed by atoms with Crippen LogP contribution in [0.1, 0.15) is 33.6 Å². The Morgan fingerprint density at radius 3 is 2.39 bits per heavy atom. The maximum Gasteiger partial charge on any atom is 0.427 e. The van der Waals surface area contributed by atoms with Gasteiger partial charge in [0.1, 0.15) is 0 Å². The predicted molar refractivity (Wildman–Crippen MR) is 69.9 cm³/mol. The highest BCUT2D eigenvalue weighted by atomic mass is 27.2. The lowest BCUT2D eigenvalue weighted by Gasteiger charge is -2.27. The molecule has 6 heteroatoms. The van der Waals surface area contributed by atoms with Gasteiger partial charge >= 0.3 is 20.8 Å². The number of esters is 1. The van der Waals surface area contributed by atoms with Gasteiger partial charge in [0.05, 0.1) is 19.3 Å². The van der Waals surface area contributed by atoms with Gasteiger partial charge in [0.15, 0.2) is 0 Å². The van der Waals surface area contributed by atoms with Crippen molar-refractivity contribution in [3.05, 3.63) is 12.0 Å². The van der Waals surface area contributed by atoms with Crippen LogP contribution in [0.5, 0.6) is 0 Å². The van der Waals surface area contributed by atoms with E-state index in [0.717, 1.165) is 12.8 Å². The summed E-state index contributed by atoms with van der Waals surface area (Å²) in [5, 5.41) is 0. The van der Waals surface area contributed by atoms with Crippen LogP contribution in [0.4, 0.5) is 0 Å². The van der Waals surface area contributed by atoms with Crippen molar-refractivity contribution in [1.29, 1.82) is 0 Å². The third kappa shape index (κ3) is 9.34. The van der Waals surface area contributed by atoms with Crippen LogP contribution in [0.3, 0.4) is 0 Å². The average Bonchev–Trinajstić information content (AvgIpc) is 2.29. The van der Waals surface area contributed by atoms with E-state index in [9.17, 15) is 4.79 Å². The minimum Gasteiger partial charge on any atom is -0.769 e. The molecule has 105 valence electrons. The maximum absolute atomic E-state index is 11.3. The van der Waals surface area contributed by atoms with E-state index in [1.54, 1.807) is 6.92 Å². The second kappa shape index (κ2) is 11.4. The Hall–Kier alpha value is -0.698. The van der Waals surface area contributed by atoms with Crippen LogP contribution in [0.2, 0.25) is 5.79 Å². The summed E-state index contributed by atoms with van der Waals surface area (Å²) in [6, 6.07) is 0. The highest BCUT2D eigenvalue weighted by Gasteiger charge is 2.06. The molecule has 0 bridgehead atoms. The summed E-state index contributed by atoms with van der Waals surface area (Å²) in [6.07, 6.45) is 3.31. The maximum atomic E-state index is 11.3. The fourth-order valence-electron chi connectivity index (χ4n) is 1.12. The minimum atomic E-state index is -1.80. The Morgan fingerprint density at radius 1 is 1.17 bits per heavy atom. The van der Waals surface area contributed by atoms with Crippen molar-refractivity contribution in [2.24, 2.45) is 0 Å². The number of hydrogen-bond acceptors (Lipinski definition) is 5. The van der Waals surface area contributed by atoms with Crippen LogP contribution in [-0.4, -0.2) is 40.6 Å². The van der Waals surface area contributed by atoms with Gasteiger partial charge in [-0.05, 0) is 26.9 Å². The van der Waals surface area contributed by atoms with Gasteiger partial charge in [0.2, 0.25) is 5.95 Å². The molecule has 0 atom stereocenters. The molecule has 5 nitrogen and oxygen atoms in total. The van der Waals surface area contributed by atoms with Crippen molar-refractivity contribution in [1.82, 2.24) is 0 Å². The van der Waals surface area contributed by atoms with Crippen molar-refractivity contribution >= 4 is 20.8 Å². The number of rotatable bonds is 10. The van der Waals surface area contributed by atoms with Crippen LogP contribution in [0.25, 0.3) is 0 Å². The quantitative estimate of drug-likeness (QED) is 0.201. The van der Waals surface area contributed by atoms with Gasteiger partial charge in [-0.15, -0.1) is 0 Å². The molecular formula is C12H23AlO5-. The molecule has 18 heavy (non-hydrogen) atoms. The van der Waals surface area contributed by atoms with Gasteiger partial charge in [-0.25, -0.2) is 4.79 Å². The molecule has 0 N–H and O–H groups in total. The Labute approximate surface area is 114 Å². The van der Waals surface area contributed by atoms with Gasteiger partial charge in [-0.3, -0.25) is 0 Å². The number of carbonyl (C=O) groups is 1. The van der Waals surface area contributed by atoms with E-state index in [1.807, 2.05) is 12.7 Å². The zero-order chi connectivity index (χ0) is 13.8. The molecule has 1 radical (unpaired) electrons. The van der Waals surface area contributed by atoms with Crippen molar-refractivity contribution < 1.29 is 21.8 Å². The molecular weight excluding hydrogens is 251 g/mol. The van der Waals surface area contributed by atoms with Crippen LogP contribution in [0.15, 0.2) is 12.0 Å². The minimum absolute atomic E-state index is 0.187. The second-order valence-electron chi connectivity index (χ2n) is 3.56. The summed E-state index contributed by atoms with van der Waals surface area (Å²) >= 11 is -1.80. The van der Waals surface area contributed by atoms with Gasteiger partial charge in [0.25, 0.3) is 0 Å². The molecule has 0 amide bonds. The molecule has 0 aliphatic rings. The molecule has 0 aliphatic carbocycles. The number of unbranched alkanes of at least 4 members (excludes halogenated alkanes) is 1. The number of hydrogen-bond donors (Lipinski definition) is 0.